The topological polar surface area (TPSA) is 39.7 Å². The summed E-state index contributed by atoms with van der Waals surface area (Å²) >= 11 is 0. The van der Waals surface area contributed by atoms with Crippen LogP contribution in [0.4, 0.5) is 0 Å². The standard InChI is InChI=1S/C14H31NO3Si/c1-4-16-19(17-5-2,18-6-3)12-8-10-14-9-7-11-15-13-14/h14-15H,4-13H2,1-3H3. The van der Waals surface area contributed by atoms with E-state index in [2.05, 4.69) is 5.32 Å². The minimum atomic E-state index is -2.40. The van der Waals surface area contributed by atoms with E-state index in [1.54, 1.807) is 0 Å². The summed E-state index contributed by atoms with van der Waals surface area (Å²) in [5, 5.41) is 3.48. The maximum absolute atomic E-state index is 5.88. The number of piperidine rings is 1. The maximum Gasteiger partial charge on any atom is 0.500 e. The van der Waals surface area contributed by atoms with Crippen LogP contribution in [-0.2, 0) is 13.3 Å². The van der Waals surface area contributed by atoms with E-state index in [1.807, 2.05) is 20.8 Å². The van der Waals surface area contributed by atoms with Gasteiger partial charge >= 0.3 is 8.80 Å². The molecule has 0 aliphatic carbocycles. The SMILES string of the molecule is CCO[Si](CCCC1CCCNC1)(OCC)OCC. The van der Waals surface area contributed by atoms with Crippen LogP contribution in [0, 0.1) is 5.92 Å². The molecule has 0 aromatic carbocycles. The predicted molar refractivity (Wildman–Crippen MR) is 80.3 cm³/mol. The lowest BCUT2D eigenvalue weighted by atomic mass is 9.95. The molecule has 4 nitrogen and oxygen atoms in total. The highest BCUT2D eigenvalue weighted by molar-refractivity contribution is 6.60. The van der Waals surface area contributed by atoms with Crippen molar-refractivity contribution in [1.29, 1.82) is 0 Å². The van der Waals surface area contributed by atoms with Gasteiger partial charge in [0.1, 0.15) is 0 Å². The van der Waals surface area contributed by atoms with Crippen LogP contribution in [0.5, 0.6) is 0 Å². The molecule has 5 heteroatoms. The molecule has 1 atom stereocenters. The molecule has 1 rings (SSSR count). The van der Waals surface area contributed by atoms with E-state index in [0.717, 1.165) is 18.4 Å². The van der Waals surface area contributed by atoms with Crippen molar-refractivity contribution in [3.05, 3.63) is 0 Å². The molecule has 1 N–H and O–H groups in total. The second-order valence-corrected chi connectivity index (χ2v) is 7.82. The minimum absolute atomic E-state index is 0.678. The zero-order valence-corrected chi connectivity index (χ0v) is 13.9. The molecule has 0 spiro atoms. The fourth-order valence-corrected chi connectivity index (χ4v) is 5.42. The van der Waals surface area contributed by atoms with Gasteiger partial charge in [0.2, 0.25) is 0 Å². The predicted octanol–water partition coefficient (Wildman–Crippen LogP) is 2.81. The Labute approximate surface area is 119 Å². The van der Waals surface area contributed by atoms with E-state index in [9.17, 15) is 0 Å². The van der Waals surface area contributed by atoms with Gasteiger partial charge in [-0.25, -0.2) is 0 Å². The van der Waals surface area contributed by atoms with Gasteiger partial charge in [-0.15, -0.1) is 0 Å². The summed E-state index contributed by atoms with van der Waals surface area (Å²) in [4.78, 5) is 0. The third-order valence-electron chi connectivity index (χ3n) is 3.59. The molecule has 1 fully saturated rings. The van der Waals surface area contributed by atoms with Crippen molar-refractivity contribution in [2.45, 2.75) is 52.5 Å². The highest BCUT2D eigenvalue weighted by Gasteiger charge is 2.39. The Bertz CT molecular complexity index is 206. The van der Waals surface area contributed by atoms with Crippen LogP contribution in [-0.4, -0.2) is 41.7 Å². The van der Waals surface area contributed by atoms with Crippen molar-refractivity contribution in [3.8, 4) is 0 Å². The average molecular weight is 289 g/mol. The van der Waals surface area contributed by atoms with Crippen LogP contribution < -0.4 is 5.32 Å². The van der Waals surface area contributed by atoms with Gasteiger partial charge in [-0.2, -0.15) is 0 Å². The van der Waals surface area contributed by atoms with Crippen molar-refractivity contribution in [2.24, 2.45) is 5.92 Å². The van der Waals surface area contributed by atoms with E-state index in [4.69, 9.17) is 13.3 Å². The number of nitrogens with one attached hydrogen (secondary N) is 1. The summed E-state index contributed by atoms with van der Waals surface area (Å²) in [5.41, 5.74) is 0. The third kappa shape index (κ3) is 6.36. The van der Waals surface area contributed by atoms with Crippen molar-refractivity contribution in [3.63, 3.8) is 0 Å². The first kappa shape index (κ1) is 17.1. The molecule has 1 unspecified atom stereocenters. The molecule has 1 aliphatic heterocycles. The zero-order chi connectivity index (χ0) is 14.0. The molecule has 1 aliphatic rings. The van der Waals surface area contributed by atoms with Crippen LogP contribution in [0.25, 0.3) is 0 Å². The molecule has 1 saturated heterocycles. The lowest BCUT2D eigenvalue weighted by Gasteiger charge is -2.29. The fourth-order valence-electron chi connectivity index (χ4n) is 2.78. The summed E-state index contributed by atoms with van der Waals surface area (Å²) in [7, 11) is -2.40. The minimum Gasteiger partial charge on any atom is -0.374 e. The normalized spacial score (nSPS) is 20.7. The van der Waals surface area contributed by atoms with Crippen molar-refractivity contribution >= 4 is 8.80 Å². The Morgan fingerprint density at radius 2 is 1.68 bits per heavy atom. The molecule has 1 heterocycles. The molecule has 0 radical (unpaired) electrons. The molecule has 0 aromatic rings. The van der Waals surface area contributed by atoms with Gasteiger partial charge in [0.25, 0.3) is 0 Å². The molecule has 0 aromatic heterocycles. The first-order valence-electron chi connectivity index (χ1n) is 7.89. The first-order chi connectivity index (χ1) is 9.26. The average Bonchev–Trinajstić information content (AvgIpc) is 2.41. The van der Waals surface area contributed by atoms with E-state index < -0.39 is 8.80 Å². The second-order valence-electron chi connectivity index (χ2n) is 5.09. The third-order valence-corrected chi connectivity index (χ3v) is 6.74. The summed E-state index contributed by atoms with van der Waals surface area (Å²) in [6.07, 6.45) is 5.09. The van der Waals surface area contributed by atoms with Crippen molar-refractivity contribution in [2.75, 3.05) is 32.9 Å². The zero-order valence-electron chi connectivity index (χ0n) is 12.9. The molecule has 114 valence electrons. The highest BCUT2D eigenvalue weighted by atomic mass is 28.4. The van der Waals surface area contributed by atoms with Gasteiger partial charge in [0.05, 0.1) is 0 Å². The number of hydrogen-bond acceptors (Lipinski definition) is 4. The summed E-state index contributed by atoms with van der Waals surface area (Å²) < 4.78 is 17.6. The number of rotatable bonds is 10. The second kappa shape index (κ2) is 9.88. The summed E-state index contributed by atoms with van der Waals surface area (Å²) in [5.74, 6) is 0.824. The van der Waals surface area contributed by atoms with Gasteiger partial charge < -0.3 is 18.6 Å². The van der Waals surface area contributed by atoms with E-state index >= 15 is 0 Å². The molecule has 0 saturated carbocycles. The Hall–Kier alpha value is 0.0569. The maximum atomic E-state index is 5.88. The van der Waals surface area contributed by atoms with Crippen LogP contribution in [0.2, 0.25) is 6.04 Å². The Morgan fingerprint density at radius 1 is 1.05 bits per heavy atom. The first-order valence-corrected chi connectivity index (χ1v) is 9.82. The molecule has 0 bridgehead atoms. The molecule has 0 amide bonds. The smallest absolute Gasteiger partial charge is 0.374 e. The summed E-state index contributed by atoms with van der Waals surface area (Å²) in [6, 6.07) is 0.957. The van der Waals surface area contributed by atoms with Crippen LogP contribution >= 0.6 is 0 Å². The van der Waals surface area contributed by atoms with E-state index in [1.165, 1.54) is 32.4 Å². The van der Waals surface area contributed by atoms with Crippen molar-refractivity contribution in [1.82, 2.24) is 5.32 Å². The largest absolute Gasteiger partial charge is 0.500 e. The van der Waals surface area contributed by atoms with Crippen molar-refractivity contribution < 1.29 is 13.3 Å². The van der Waals surface area contributed by atoms with Gasteiger partial charge in [-0.1, -0.05) is 0 Å². The lowest BCUT2D eigenvalue weighted by Crippen LogP contribution is -2.46. The van der Waals surface area contributed by atoms with E-state index in [0.29, 0.717) is 19.8 Å². The van der Waals surface area contributed by atoms with Crippen LogP contribution in [0.1, 0.15) is 46.5 Å². The van der Waals surface area contributed by atoms with Gasteiger partial charge in [-0.05, 0) is 65.5 Å². The lowest BCUT2D eigenvalue weighted by molar-refractivity contribution is 0.0702. The summed E-state index contributed by atoms with van der Waals surface area (Å²) in [6.45, 7) is 10.4. The molecular weight excluding hydrogens is 258 g/mol. The van der Waals surface area contributed by atoms with Crippen LogP contribution in [0.15, 0.2) is 0 Å². The quantitative estimate of drug-likeness (QED) is 0.628. The Balaban J connectivity index is 2.36. The molecular formula is C14H31NO3Si. The Kier molecular flexibility index (Phi) is 8.90. The monoisotopic (exact) mass is 289 g/mol. The Morgan fingerprint density at radius 3 is 2.16 bits per heavy atom. The molecule has 19 heavy (non-hydrogen) atoms. The highest BCUT2D eigenvalue weighted by Crippen LogP contribution is 2.23. The van der Waals surface area contributed by atoms with Gasteiger partial charge in [0.15, 0.2) is 0 Å². The van der Waals surface area contributed by atoms with E-state index in [-0.39, 0.29) is 0 Å². The van der Waals surface area contributed by atoms with Crippen LogP contribution in [0.3, 0.4) is 0 Å². The number of hydrogen-bond donors (Lipinski definition) is 1. The van der Waals surface area contributed by atoms with Gasteiger partial charge in [0, 0.05) is 25.9 Å². The van der Waals surface area contributed by atoms with Gasteiger partial charge in [-0.3, -0.25) is 0 Å². The fraction of sp³-hybridized carbons (Fsp3) is 1.00.